The first-order valence-corrected chi connectivity index (χ1v) is 6.35. The van der Waals surface area contributed by atoms with E-state index < -0.39 is 0 Å². The summed E-state index contributed by atoms with van der Waals surface area (Å²) in [6, 6.07) is 0.261. The molecule has 4 nitrogen and oxygen atoms in total. The van der Waals surface area contributed by atoms with E-state index in [-0.39, 0.29) is 11.9 Å². The van der Waals surface area contributed by atoms with Crippen molar-refractivity contribution in [3.63, 3.8) is 0 Å². The Morgan fingerprint density at radius 3 is 2.94 bits per heavy atom. The van der Waals surface area contributed by atoms with E-state index in [2.05, 4.69) is 25.2 Å². The highest BCUT2D eigenvalue weighted by Crippen LogP contribution is 2.12. The quantitative estimate of drug-likeness (QED) is 0.709. The van der Waals surface area contributed by atoms with Gasteiger partial charge in [-0.15, -0.1) is 0 Å². The third-order valence-electron chi connectivity index (χ3n) is 3.02. The van der Waals surface area contributed by atoms with E-state index in [1.54, 1.807) is 7.11 Å². The standard InChI is InChI=1S/C13H24N2O2/c1-4-14-11(2)9-13(16)15-7-5-12(6-8-15)10-17-3/h5,11,14H,4,6-10H2,1-3H3. The maximum atomic E-state index is 12.0. The Hall–Kier alpha value is -0.870. The first-order chi connectivity index (χ1) is 8.17. The number of hydrogen-bond donors (Lipinski definition) is 1. The summed E-state index contributed by atoms with van der Waals surface area (Å²) >= 11 is 0. The molecule has 1 heterocycles. The van der Waals surface area contributed by atoms with Crippen LogP contribution in [0.4, 0.5) is 0 Å². The van der Waals surface area contributed by atoms with Crippen molar-refractivity contribution in [3.8, 4) is 0 Å². The number of hydrogen-bond acceptors (Lipinski definition) is 3. The lowest BCUT2D eigenvalue weighted by Gasteiger charge is -2.27. The van der Waals surface area contributed by atoms with Crippen molar-refractivity contribution in [3.05, 3.63) is 11.6 Å². The van der Waals surface area contributed by atoms with Crippen LogP contribution in [-0.4, -0.2) is 50.2 Å². The molecule has 1 amide bonds. The molecule has 0 saturated heterocycles. The molecule has 0 fully saturated rings. The smallest absolute Gasteiger partial charge is 0.224 e. The number of nitrogens with zero attached hydrogens (tertiary/aromatic N) is 1. The molecule has 0 spiro atoms. The van der Waals surface area contributed by atoms with Crippen LogP contribution in [0.2, 0.25) is 0 Å². The van der Waals surface area contributed by atoms with Crippen LogP contribution in [-0.2, 0) is 9.53 Å². The van der Waals surface area contributed by atoms with Crippen molar-refractivity contribution < 1.29 is 9.53 Å². The SMILES string of the molecule is CCNC(C)CC(=O)N1CC=C(COC)CC1. The molecular formula is C13H24N2O2. The lowest BCUT2D eigenvalue weighted by atomic mass is 10.1. The van der Waals surface area contributed by atoms with E-state index in [0.29, 0.717) is 13.0 Å². The summed E-state index contributed by atoms with van der Waals surface area (Å²) in [6.07, 6.45) is 3.64. The Balaban J connectivity index is 2.35. The fourth-order valence-corrected chi connectivity index (χ4v) is 2.07. The summed E-state index contributed by atoms with van der Waals surface area (Å²) < 4.78 is 5.09. The van der Waals surface area contributed by atoms with Gasteiger partial charge >= 0.3 is 0 Å². The summed E-state index contributed by atoms with van der Waals surface area (Å²) in [6.45, 7) is 7.27. The van der Waals surface area contributed by atoms with E-state index in [1.165, 1.54) is 5.57 Å². The molecule has 0 bridgehead atoms. The first-order valence-electron chi connectivity index (χ1n) is 6.35. The predicted molar refractivity (Wildman–Crippen MR) is 68.9 cm³/mol. The number of methoxy groups -OCH3 is 1. The van der Waals surface area contributed by atoms with Gasteiger partial charge in [-0.25, -0.2) is 0 Å². The zero-order valence-electron chi connectivity index (χ0n) is 11.2. The molecule has 17 heavy (non-hydrogen) atoms. The van der Waals surface area contributed by atoms with Crippen molar-refractivity contribution >= 4 is 5.91 Å². The molecule has 98 valence electrons. The predicted octanol–water partition coefficient (Wildman–Crippen LogP) is 1.18. The van der Waals surface area contributed by atoms with Crippen LogP contribution in [0.5, 0.6) is 0 Å². The molecule has 1 N–H and O–H groups in total. The Labute approximate surface area is 104 Å². The molecule has 1 rings (SSSR count). The van der Waals surface area contributed by atoms with E-state index in [1.807, 2.05) is 4.90 Å². The topological polar surface area (TPSA) is 41.6 Å². The second-order valence-electron chi connectivity index (χ2n) is 4.55. The van der Waals surface area contributed by atoms with Crippen LogP contribution in [0.15, 0.2) is 11.6 Å². The Kier molecular flexibility index (Phi) is 6.22. The Morgan fingerprint density at radius 2 is 2.41 bits per heavy atom. The van der Waals surface area contributed by atoms with Crippen molar-refractivity contribution in [2.24, 2.45) is 0 Å². The van der Waals surface area contributed by atoms with Crippen molar-refractivity contribution in [1.82, 2.24) is 10.2 Å². The van der Waals surface area contributed by atoms with E-state index >= 15 is 0 Å². The summed E-state index contributed by atoms with van der Waals surface area (Å²) in [5.74, 6) is 0.242. The number of carbonyl (C=O) groups is 1. The molecule has 4 heteroatoms. The minimum absolute atomic E-state index is 0.242. The summed E-state index contributed by atoms with van der Waals surface area (Å²) in [4.78, 5) is 13.9. The highest BCUT2D eigenvalue weighted by atomic mass is 16.5. The summed E-state index contributed by atoms with van der Waals surface area (Å²) in [5, 5.41) is 3.26. The zero-order chi connectivity index (χ0) is 12.7. The molecule has 0 aliphatic carbocycles. The van der Waals surface area contributed by atoms with E-state index in [0.717, 1.165) is 26.1 Å². The highest BCUT2D eigenvalue weighted by molar-refractivity contribution is 5.77. The third kappa shape index (κ3) is 4.88. The second kappa shape index (κ2) is 7.45. The van der Waals surface area contributed by atoms with Crippen LogP contribution in [0.3, 0.4) is 0 Å². The van der Waals surface area contributed by atoms with Gasteiger partial charge in [-0.2, -0.15) is 0 Å². The van der Waals surface area contributed by atoms with Crippen molar-refractivity contribution in [2.75, 3.05) is 33.4 Å². The zero-order valence-corrected chi connectivity index (χ0v) is 11.2. The second-order valence-corrected chi connectivity index (χ2v) is 4.55. The summed E-state index contributed by atoms with van der Waals surface area (Å²) in [5.41, 5.74) is 1.30. The van der Waals surface area contributed by atoms with Gasteiger partial charge in [0.05, 0.1) is 6.61 Å². The van der Waals surface area contributed by atoms with Crippen LogP contribution < -0.4 is 5.32 Å². The van der Waals surface area contributed by atoms with Gasteiger partial charge in [0.1, 0.15) is 0 Å². The number of rotatable bonds is 6. The van der Waals surface area contributed by atoms with Gasteiger partial charge in [0.15, 0.2) is 0 Å². The first kappa shape index (κ1) is 14.2. The van der Waals surface area contributed by atoms with Crippen LogP contribution in [0.25, 0.3) is 0 Å². The summed E-state index contributed by atoms with van der Waals surface area (Å²) in [7, 11) is 1.70. The lowest BCUT2D eigenvalue weighted by Crippen LogP contribution is -2.39. The van der Waals surface area contributed by atoms with Crippen LogP contribution in [0.1, 0.15) is 26.7 Å². The maximum Gasteiger partial charge on any atom is 0.224 e. The monoisotopic (exact) mass is 240 g/mol. The molecule has 0 radical (unpaired) electrons. The van der Waals surface area contributed by atoms with Crippen molar-refractivity contribution in [2.45, 2.75) is 32.7 Å². The van der Waals surface area contributed by atoms with Gasteiger partial charge in [-0.05, 0) is 25.5 Å². The van der Waals surface area contributed by atoms with Crippen LogP contribution >= 0.6 is 0 Å². The van der Waals surface area contributed by atoms with Gasteiger partial charge in [0.2, 0.25) is 5.91 Å². The largest absolute Gasteiger partial charge is 0.380 e. The van der Waals surface area contributed by atoms with E-state index in [9.17, 15) is 4.79 Å². The van der Waals surface area contributed by atoms with Gasteiger partial charge in [-0.3, -0.25) is 4.79 Å². The third-order valence-corrected chi connectivity index (χ3v) is 3.02. The van der Waals surface area contributed by atoms with Gasteiger partial charge in [0.25, 0.3) is 0 Å². The van der Waals surface area contributed by atoms with Crippen LogP contribution in [0, 0.1) is 0 Å². The molecule has 1 aliphatic rings. The van der Waals surface area contributed by atoms with E-state index in [4.69, 9.17) is 4.74 Å². The normalized spacial score (nSPS) is 17.8. The lowest BCUT2D eigenvalue weighted by molar-refractivity contribution is -0.131. The molecule has 0 saturated carbocycles. The molecule has 1 unspecified atom stereocenters. The van der Waals surface area contributed by atoms with Gasteiger partial charge in [-0.1, -0.05) is 13.0 Å². The molecule has 1 atom stereocenters. The maximum absolute atomic E-state index is 12.0. The number of ether oxygens (including phenoxy) is 1. The molecule has 0 aromatic heterocycles. The van der Waals surface area contributed by atoms with Crippen molar-refractivity contribution in [1.29, 1.82) is 0 Å². The number of nitrogens with one attached hydrogen (secondary N) is 1. The highest BCUT2D eigenvalue weighted by Gasteiger charge is 2.18. The minimum atomic E-state index is 0.242. The number of amides is 1. The molecule has 0 aromatic carbocycles. The molecule has 1 aliphatic heterocycles. The molecular weight excluding hydrogens is 216 g/mol. The molecule has 0 aromatic rings. The number of carbonyl (C=O) groups excluding carboxylic acids is 1. The average molecular weight is 240 g/mol. The fourth-order valence-electron chi connectivity index (χ4n) is 2.07. The minimum Gasteiger partial charge on any atom is -0.380 e. The fraction of sp³-hybridized carbons (Fsp3) is 0.769. The average Bonchev–Trinajstić information content (AvgIpc) is 2.30. The Bertz CT molecular complexity index is 277. The Morgan fingerprint density at radius 1 is 1.65 bits per heavy atom. The van der Waals surface area contributed by atoms with Gasteiger partial charge in [0, 0.05) is 32.7 Å². The van der Waals surface area contributed by atoms with Gasteiger partial charge < -0.3 is 15.0 Å².